The van der Waals surface area contributed by atoms with Gasteiger partial charge in [0.05, 0.1) is 6.61 Å². The number of aryl methyl sites for hydroxylation is 1. The number of carbonyl (C=O) groups is 1. The summed E-state index contributed by atoms with van der Waals surface area (Å²) in [6.07, 6.45) is 24.0. The van der Waals surface area contributed by atoms with E-state index in [1.54, 1.807) is 0 Å². The monoisotopic (exact) mass is 416 g/mol. The molecule has 1 aromatic rings. The van der Waals surface area contributed by atoms with E-state index >= 15 is 0 Å². The summed E-state index contributed by atoms with van der Waals surface area (Å²) >= 11 is 0. The van der Waals surface area contributed by atoms with Crippen molar-refractivity contribution in [3.63, 3.8) is 0 Å². The van der Waals surface area contributed by atoms with Gasteiger partial charge >= 0.3 is 5.97 Å². The Morgan fingerprint density at radius 2 is 1.13 bits per heavy atom. The smallest absolute Gasteiger partial charge is 0.305 e. The third-order valence-corrected chi connectivity index (χ3v) is 5.95. The summed E-state index contributed by atoms with van der Waals surface area (Å²) in [6, 6.07) is 10.5. The number of hydrogen-bond acceptors (Lipinski definition) is 2. The standard InChI is InChI=1S/C28H48O2/c1-2-3-4-5-6-7-8-9-10-11-12-13-14-15-21-26-30-28(29)25-20-19-24-27-22-17-16-18-23-27/h16-18,22-23H,2-15,19-21,24-26H2,1H3. The van der Waals surface area contributed by atoms with Gasteiger partial charge < -0.3 is 4.74 Å². The predicted octanol–water partition coefficient (Wildman–Crippen LogP) is 8.81. The molecule has 0 aromatic heterocycles. The van der Waals surface area contributed by atoms with Crippen molar-refractivity contribution in [1.29, 1.82) is 0 Å². The van der Waals surface area contributed by atoms with Gasteiger partial charge in [-0.1, -0.05) is 127 Å². The first-order chi connectivity index (χ1) is 14.8. The summed E-state index contributed by atoms with van der Waals surface area (Å²) in [5, 5.41) is 0. The highest BCUT2D eigenvalue weighted by Gasteiger charge is 2.03. The Labute approximate surface area is 187 Å². The Hall–Kier alpha value is -1.31. The molecule has 0 aliphatic carbocycles. The molecule has 0 aliphatic rings. The largest absolute Gasteiger partial charge is 0.466 e. The third kappa shape index (κ3) is 17.5. The Morgan fingerprint density at radius 3 is 1.67 bits per heavy atom. The van der Waals surface area contributed by atoms with Crippen molar-refractivity contribution in [2.75, 3.05) is 6.61 Å². The van der Waals surface area contributed by atoms with Crippen molar-refractivity contribution in [2.45, 2.75) is 129 Å². The van der Waals surface area contributed by atoms with E-state index in [9.17, 15) is 4.79 Å². The zero-order chi connectivity index (χ0) is 21.5. The van der Waals surface area contributed by atoms with Crippen LogP contribution < -0.4 is 0 Å². The van der Waals surface area contributed by atoms with E-state index in [1.165, 1.54) is 95.5 Å². The lowest BCUT2D eigenvalue weighted by Crippen LogP contribution is -2.05. The summed E-state index contributed by atoms with van der Waals surface area (Å²) in [6.45, 7) is 2.89. The average Bonchev–Trinajstić information content (AvgIpc) is 2.77. The molecule has 0 heterocycles. The summed E-state index contributed by atoms with van der Waals surface area (Å²) in [5.41, 5.74) is 1.35. The number of rotatable bonds is 21. The van der Waals surface area contributed by atoms with Gasteiger partial charge in [0.2, 0.25) is 0 Å². The summed E-state index contributed by atoms with van der Waals surface area (Å²) < 4.78 is 5.37. The molecule has 0 bridgehead atoms. The Morgan fingerprint density at radius 1 is 0.633 bits per heavy atom. The number of unbranched alkanes of at least 4 members (excludes halogenated alkanes) is 15. The van der Waals surface area contributed by atoms with E-state index in [0.29, 0.717) is 13.0 Å². The normalized spacial score (nSPS) is 11.0. The maximum absolute atomic E-state index is 11.8. The minimum Gasteiger partial charge on any atom is -0.466 e. The van der Waals surface area contributed by atoms with Gasteiger partial charge in [-0.2, -0.15) is 0 Å². The quantitative estimate of drug-likeness (QED) is 0.148. The van der Waals surface area contributed by atoms with Gasteiger partial charge in [0.25, 0.3) is 0 Å². The molecule has 30 heavy (non-hydrogen) atoms. The molecule has 0 amide bonds. The second kappa shape index (κ2) is 20.9. The molecule has 0 saturated heterocycles. The molecule has 1 rings (SSSR count). The molecular weight excluding hydrogens is 368 g/mol. The van der Waals surface area contributed by atoms with E-state index in [0.717, 1.165) is 25.7 Å². The molecule has 0 fully saturated rings. The van der Waals surface area contributed by atoms with Crippen LogP contribution in [0, 0.1) is 0 Å². The van der Waals surface area contributed by atoms with Crippen molar-refractivity contribution >= 4 is 5.97 Å². The summed E-state index contributed by atoms with van der Waals surface area (Å²) in [7, 11) is 0. The lowest BCUT2D eigenvalue weighted by atomic mass is 10.0. The Bertz CT molecular complexity index is 483. The van der Waals surface area contributed by atoms with Gasteiger partial charge in [0, 0.05) is 6.42 Å². The van der Waals surface area contributed by atoms with Crippen LogP contribution in [-0.2, 0) is 16.0 Å². The predicted molar refractivity (Wildman–Crippen MR) is 130 cm³/mol. The van der Waals surface area contributed by atoms with Crippen molar-refractivity contribution in [3.05, 3.63) is 35.9 Å². The first-order valence-electron chi connectivity index (χ1n) is 13.0. The van der Waals surface area contributed by atoms with Crippen molar-refractivity contribution < 1.29 is 9.53 Å². The lowest BCUT2D eigenvalue weighted by molar-refractivity contribution is -0.143. The maximum Gasteiger partial charge on any atom is 0.305 e. The molecule has 0 spiro atoms. The van der Waals surface area contributed by atoms with Gasteiger partial charge in [0.15, 0.2) is 0 Å². The average molecular weight is 417 g/mol. The van der Waals surface area contributed by atoms with Crippen LogP contribution in [0.3, 0.4) is 0 Å². The molecule has 0 N–H and O–H groups in total. The molecule has 0 radical (unpaired) electrons. The zero-order valence-corrected chi connectivity index (χ0v) is 19.8. The van der Waals surface area contributed by atoms with Gasteiger partial charge in [-0.05, 0) is 31.2 Å². The van der Waals surface area contributed by atoms with Gasteiger partial charge in [-0.3, -0.25) is 4.79 Å². The SMILES string of the molecule is CCCCCCCCCCCCCCCCCOC(=O)CCCCc1ccccc1. The highest BCUT2D eigenvalue weighted by molar-refractivity contribution is 5.69. The van der Waals surface area contributed by atoms with E-state index in [-0.39, 0.29) is 5.97 Å². The summed E-state index contributed by atoms with van der Waals surface area (Å²) in [4.78, 5) is 11.8. The first kappa shape index (κ1) is 26.7. The highest BCUT2D eigenvalue weighted by atomic mass is 16.5. The Balaban J connectivity index is 1.74. The zero-order valence-electron chi connectivity index (χ0n) is 19.8. The van der Waals surface area contributed by atoms with Crippen molar-refractivity contribution in [2.24, 2.45) is 0 Å². The van der Waals surface area contributed by atoms with Gasteiger partial charge in [-0.25, -0.2) is 0 Å². The fourth-order valence-electron chi connectivity index (χ4n) is 3.97. The van der Waals surface area contributed by atoms with Crippen molar-refractivity contribution in [1.82, 2.24) is 0 Å². The number of benzene rings is 1. The molecule has 0 atom stereocenters. The minimum absolute atomic E-state index is 0.0200. The van der Waals surface area contributed by atoms with Gasteiger partial charge in [0.1, 0.15) is 0 Å². The first-order valence-corrected chi connectivity index (χ1v) is 13.0. The van der Waals surface area contributed by atoms with Crippen LogP contribution in [0.2, 0.25) is 0 Å². The molecule has 2 heteroatoms. The fourth-order valence-corrected chi connectivity index (χ4v) is 3.97. The van der Waals surface area contributed by atoms with E-state index in [4.69, 9.17) is 4.74 Å². The van der Waals surface area contributed by atoms with Crippen LogP contribution in [0.4, 0.5) is 0 Å². The van der Waals surface area contributed by atoms with E-state index in [1.807, 2.05) is 6.07 Å². The highest BCUT2D eigenvalue weighted by Crippen LogP contribution is 2.13. The minimum atomic E-state index is -0.0200. The number of ether oxygens (including phenoxy) is 1. The topological polar surface area (TPSA) is 26.3 Å². The van der Waals surface area contributed by atoms with Crippen LogP contribution >= 0.6 is 0 Å². The third-order valence-electron chi connectivity index (χ3n) is 5.95. The molecular formula is C28H48O2. The molecule has 0 unspecified atom stereocenters. The molecule has 1 aromatic carbocycles. The van der Waals surface area contributed by atoms with Crippen LogP contribution in [0.1, 0.15) is 128 Å². The van der Waals surface area contributed by atoms with Crippen LogP contribution in [0.25, 0.3) is 0 Å². The van der Waals surface area contributed by atoms with Crippen LogP contribution in [0.5, 0.6) is 0 Å². The van der Waals surface area contributed by atoms with Gasteiger partial charge in [-0.15, -0.1) is 0 Å². The molecule has 172 valence electrons. The number of carbonyl (C=O) groups excluding carboxylic acids is 1. The van der Waals surface area contributed by atoms with Crippen LogP contribution in [-0.4, -0.2) is 12.6 Å². The van der Waals surface area contributed by atoms with Crippen molar-refractivity contribution in [3.8, 4) is 0 Å². The molecule has 0 saturated carbocycles. The molecule has 0 aliphatic heterocycles. The Kier molecular flexibility index (Phi) is 18.7. The summed E-state index contributed by atoms with van der Waals surface area (Å²) in [5.74, 6) is -0.0200. The fraction of sp³-hybridized carbons (Fsp3) is 0.750. The van der Waals surface area contributed by atoms with Crippen LogP contribution in [0.15, 0.2) is 30.3 Å². The lowest BCUT2D eigenvalue weighted by Gasteiger charge is -2.06. The maximum atomic E-state index is 11.8. The number of hydrogen-bond donors (Lipinski definition) is 0. The number of esters is 1. The van der Waals surface area contributed by atoms with E-state index in [2.05, 4.69) is 31.2 Å². The second-order valence-corrected chi connectivity index (χ2v) is 8.86. The second-order valence-electron chi connectivity index (χ2n) is 8.86. The van der Waals surface area contributed by atoms with E-state index < -0.39 is 0 Å². The molecule has 2 nitrogen and oxygen atoms in total.